The molecule has 0 aliphatic heterocycles. The van der Waals surface area contributed by atoms with E-state index >= 15 is 0 Å². The maximum atomic E-state index is 13.7. The Morgan fingerprint density at radius 3 is 2.65 bits per heavy atom. The zero-order valence-electron chi connectivity index (χ0n) is 14.1. The van der Waals surface area contributed by atoms with Crippen molar-refractivity contribution >= 4 is 5.91 Å². The quantitative estimate of drug-likeness (QED) is 0.728. The van der Waals surface area contributed by atoms with Crippen LogP contribution >= 0.6 is 0 Å². The second-order valence-corrected chi connectivity index (χ2v) is 5.82. The summed E-state index contributed by atoms with van der Waals surface area (Å²) in [7, 11) is 0. The van der Waals surface area contributed by atoms with Crippen LogP contribution in [0.4, 0.5) is 8.78 Å². The van der Waals surface area contributed by atoms with Crippen molar-refractivity contribution in [1.29, 1.82) is 0 Å². The minimum Gasteiger partial charge on any atom is -0.421 e. The van der Waals surface area contributed by atoms with Crippen LogP contribution in [0.1, 0.15) is 30.8 Å². The molecule has 0 spiro atoms. The van der Waals surface area contributed by atoms with Crippen molar-refractivity contribution in [3.8, 4) is 11.5 Å². The molecule has 2 aromatic carbocycles. The Morgan fingerprint density at radius 1 is 1.15 bits per heavy atom. The summed E-state index contributed by atoms with van der Waals surface area (Å²) in [6, 6.07) is 12.0. The number of hydrogen-bond acceptors (Lipinski definition) is 4. The Balaban J connectivity index is 1.55. The predicted octanol–water partition coefficient (Wildman–Crippen LogP) is 3.82. The monoisotopic (exact) mass is 357 g/mol. The lowest BCUT2D eigenvalue weighted by atomic mass is 10.1. The van der Waals surface area contributed by atoms with E-state index in [1.807, 2.05) is 30.3 Å². The van der Waals surface area contributed by atoms with E-state index in [2.05, 4.69) is 15.5 Å². The summed E-state index contributed by atoms with van der Waals surface area (Å²) in [5.41, 5.74) is 1.03. The highest BCUT2D eigenvalue weighted by Gasteiger charge is 2.15. The minimum absolute atomic E-state index is 0.115. The summed E-state index contributed by atoms with van der Waals surface area (Å²) in [5, 5.41) is 10.6. The van der Waals surface area contributed by atoms with E-state index in [0.29, 0.717) is 11.8 Å². The van der Waals surface area contributed by atoms with Crippen molar-refractivity contribution in [2.75, 3.05) is 0 Å². The van der Waals surface area contributed by atoms with Crippen LogP contribution in [0, 0.1) is 11.6 Å². The van der Waals surface area contributed by atoms with E-state index in [1.165, 1.54) is 6.07 Å². The molecule has 1 N–H and O–H groups in total. The van der Waals surface area contributed by atoms with Gasteiger partial charge in [-0.3, -0.25) is 4.79 Å². The Bertz CT molecular complexity index is 897. The molecule has 0 aliphatic carbocycles. The zero-order valence-corrected chi connectivity index (χ0v) is 14.1. The molecule has 0 saturated heterocycles. The molecule has 1 heterocycles. The van der Waals surface area contributed by atoms with Gasteiger partial charge in [0.25, 0.3) is 0 Å². The summed E-state index contributed by atoms with van der Waals surface area (Å²) in [5.74, 6) is -0.902. The number of nitrogens with zero attached hydrogens (tertiary/aromatic N) is 2. The van der Waals surface area contributed by atoms with Gasteiger partial charge in [0.15, 0.2) is 0 Å². The first-order valence-corrected chi connectivity index (χ1v) is 8.15. The van der Waals surface area contributed by atoms with E-state index in [-0.39, 0.29) is 24.3 Å². The topological polar surface area (TPSA) is 68.0 Å². The lowest BCUT2D eigenvalue weighted by Crippen LogP contribution is -2.27. The fourth-order valence-electron chi connectivity index (χ4n) is 2.52. The van der Waals surface area contributed by atoms with Crippen LogP contribution in [-0.2, 0) is 11.2 Å². The van der Waals surface area contributed by atoms with Crippen molar-refractivity contribution in [2.45, 2.75) is 25.8 Å². The Labute approximate surface area is 149 Å². The normalized spacial score (nSPS) is 12.0. The Hall–Kier alpha value is -3.09. The number of benzene rings is 2. The number of carbonyl (C=O) groups excluding carboxylic acids is 1. The fourth-order valence-corrected chi connectivity index (χ4v) is 2.52. The van der Waals surface area contributed by atoms with Crippen LogP contribution < -0.4 is 5.32 Å². The van der Waals surface area contributed by atoms with Gasteiger partial charge in [0.2, 0.25) is 17.7 Å². The van der Waals surface area contributed by atoms with Crippen molar-refractivity contribution in [2.24, 2.45) is 0 Å². The minimum atomic E-state index is -0.692. The molecule has 1 aromatic heterocycles. The van der Waals surface area contributed by atoms with E-state index in [0.717, 1.165) is 17.7 Å². The summed E-state index contributed by atoms with van der Waals surface area (Å²) >= 11 is 0. The average Bonchev–Trinajstić information content (AvgIpc) is 3.09. The van der Waals surface area contributed by atoms with Crippen LogP contribution in [0.15, 0.2) is 52.9 Å². The van der Waals surface area contributed by atoms with Crippen molar-refractivity contribution in [3.05, 3.63) is 71.6 Å². The molecule has 1 amide bonds. The number of rotatable bonds is 6. The molecule has 5 nitrogen and oxygen atoms in total. The van der Waals surface area contributed by atoms with Gasteiger partial charge in [-0.25, -0.2) is 8.78 Å². The molecular weight excluding hydrogens is 340 g/mol. The SMILES string of the molecule is CC(NC(=O)CCc1nnc(-c2ccccc2)o1)c1ccc(F)cc1F. The first-order chi connectivity index (χ1) is 12.5. The molecule has 7 heteroatoms. The highest BCUT2D eigenvalue weighted by molar-refractivity contribution is 5.76. The molecule has 26 heavy (non-hydrogen) atoms. The fraction of sp³-hybridized carbons (Fsp3) is 0.211. The molecular formula is C19H17F2N3O2. The van der Waals surface area contributed by atoms with Crippen LogP contribution in [0.2, 0.25) is 0 Å². The smallest absolute Gasteiger partial charge is 0.247 e. The first-order valence-electron chi connectivity index (χ1n) is 8.15. The molecule has 0 aliphatic rings. The summed E-state index contributed by atoms with van der Waals surface area (Å²) in [6.45, 7) is 1.63. The molecule has 134 valence electrons. The summed E-state index contributed by atoms with van der Waals surface area (Å²) in [4.78, 5) is 12.1. The number of nitrogens with one attached hydrogen (secondary N) is 1. The van der Waals surface area contributed by atoms with Crippen LogP contribution in [0.25, 0.3) is 11.5 Å². The number of hydrogen-bond donors (Lipinski definition) is 1. The predicted molar refractivity (Wildman–Crippen MR) is 91.0 cm³/mol. The van der Waals surface area contributed by atoms with Crippen molar-refractivity contribution in [3.63, 3.8) is 0 Å². The second-order valence-electron chi connectivity index (χ2n) is 5.82. The maximum Gasteiger partial charge on any atom is 0.247 e. The first kappa shape index (κ1) is 17.7. The lowest BCUT2D eigenvalue weighted by molar-refractivity contribution is -0.121. The standard InChI is InChI=1S/C19H17F2N3O2/c1-12(15-8-7-14(20)11-16(15)21)22-17(25)9-10-18-23-24-19(26-18)13-5-3-2-4-6-13/h2-8,11-12H,9-10H2,1H3,(H,22,25). The van der Waals surface area contributed by atoms with E-state index in [4.69, 9.17) is 4.42 Å². The van der Waals surface area contributed by atoms with Gasteiger partial charge in [0, 0.05) is 30.0 Å². The van der Waals surface area contributed by atoms with Gasteiger partial charge in [0.05, 0.1) is 6.04 Å². The molecule has 0 saturated carbocycles. The molecule has 0 radical (unpaired) electrons. The second kappa shape index (κ2) is 7.86. The molecule has 1 unspecified atom stereocenters. The largest absolute Gasteiger partial charge is 0.421 e. The van der Waals surface area contributed by atoms with Gasteiger partial charge < -0.3 is 9.73 Å². The third-order valence-electron chi connectivity index (χ3n) is 3.86. The van der Waals surface area contributed by atoms with Gasteiger partial charge in [0.1, 0.15) is 11.6 Å². The molecule has 3 rings (SSSR count). The average molecular weight is 357 g/mol. The van der Waals surface area contributed by atoms with Gasteiger partial charge >= 0.3 is 0 Å². The van der Waals surface area contributed by atoms with Crippen molar-refractivity contribution < 1.29 is 18.0 Å². The number of halogens is 2. The number of aromatic nitrogens is 2. The third-order valence-corrected chi connectivity index (χ3v) is 3.86. The van der Waals surface area contributed by atoms with Crippen molar-refractivity contribution in [1.82, 2.24) is 15.5 Å². The summed E-state index contributed by atoms with van der Waals surface area (Å²) < 4.78 is 32.2. The Kier molecular flexibility index (Phi) is 5.36. The van der Waals surface area contributed by atoms with Crippen LogP contribution in [0.5, 0.6) is 0 Å². The molecule has 0 bridgehead atoms. The van der Waals surface area contributed by atoms with Crippen LogP contribution in [0.3, 0.4) is 0 Å². The van der Waals surface area contributed by atoms with E-state index in [1.54, 1.807) is 6.92 Å². The Morgan fingerprint density at radius 2 is 1.92 bits per heavy atom. The van der Waals surface area contributed by atoms with Gasteiger partial charge in [-0.05, 0) is 25.1 Å². The molecule has 3 aromatic rings. The number of carbonyl (C=O) groups is 1. The lowest BCUT2D eigenvalue weighted by Gasteiger charge is -2.14. The van der Waals surface area contributed by atoms with Crippen LogP contribution in [-0.4, -0.2) is 16.1 Å². The molecule has 0 fully saturated rings. The van der Waals surface area contributed by atoms with E-state index < -0.39 is 17.7 Å². The molecule has 1 atom stereocenters. The van der Waals surface area contributed by atoms with E-state index in [9.17, 15) is 13.6 Å². The third kappa shape index (κ3) is 4.30. The van der Waals surface area contributed by atoms with Gasteiger partial charge in [-0.2, -0.15) is 0 Å². The summed E-state index contributed by atoms with van der Waals surface area (Å²) in [6.07, 6.45) is 0.383. The van der Waals surface area contributed by atoms with Gasteiger partial charge in [-0.15, -0.1) is 10.2 Å². The number of aryl methyl sites for hydroxylation is 1. The van der Waals surface area contributed by atoms with Gasteiger partial charge in [-0.1, -0.05) is 24.3 Å². The number of amides is 1. The maximum absolute atomic E-state index is 13.7. The zero-order chi connectivity index (χ0) is 18.5. The highest BCUT2D eigenvalue weighted by Crippen LogP contribution is 2.19. The highest BCUT2D eigenvalue weighted by atomic mass is 19.1.